The zero-order chi connectivity index (χ0) is 42.9. The maximum absolute atomic E-state index is 10.2. The van der Waals surface area contributed by atoms with Gasteiger partial charge < -0.3 is 19.6 Å². The number of aromatic nitrogens is 4. The number of aliphatic imine (C=N–C) groups is 1. The third-order valence-corrected chi connectivity index (χ3v) is 14.4. The molecule has 3 aromatic heterocycles. The number of phenolic OH excluding ortho intramolecular Hbond substituents is 1. The van der Waals surface area contributed by atoms with E-state index in [1.165, 1.54) is 32.7 Å². The Balaban J connectivity index is 0.711. The molecule has 0 saturated carbocycles. The molecule has 3 atom stereocenters. The molecule has 1 saturated heterocycles. The van der Waals surface area contributed by atoms with Gasteiger partial charge in [-0.25, -0.2) is 4.98 Å². The fraction of sp³-hybridized carbons (Fsp3) is 0.333. The lowest BCUT2D eigenvalue weighted by molar-refractivity contribution is 0.120. The molecule has 322 valence electrons. The van der Waals surface area contributed by atoms with E-state index in [4.69, 9.17) is 14.1 Å². The molecule has 0 bridgehead atoms. The monoisotopic (exact) mass is 858 g/mol. The van der Waals surface area contributed by atoms with Crippen molar-refractivity contribution in [3.8, 4) is 16.5 Å². The van der Waals surface area contributed by atoms with E-state index in [9.17, 15) is 5.11 Å². The van der Waals surface area contributed by atoms with Gasteiger partial charge >= 0.3 is 0 Å². The number of piperazine rings is 1. The smallest absolute Gasteiger partial charge is 0.196 e. The number of nitrogens with one attached hydrogen (secondary N) is 1. The summed E-state index contributed by atoms with van der Waals surface area (Å²) in [5.41, 5.74) is 10.7. The highest BCUT2D eigenvalue weighted by Crippen LogP contribution is 2.47. The molecule has 0 radical (unpaired) electrons. The Labute approximate surface area is 373 Å². The highest BCUT2D eigenvalue weighted by atomic mass is 32.1. The number of nitrogens with zero attached hydrogens (tertiary/aromatic N) is 7. The second-order valence-corrected chi connectivity index (χ2v) is 18.3. The van der Waals surface area contributed by atoms with Crippen LogP contribution in [-0.4, -0.2) is 92.8 Å². The SMILES string of the molecule is Cc1sc2c(c1C)C(c1ccc(NCCN3CCN(CCOc4ccc([C@H]5c6ccc(O)cc6CC[C@H]5c5ccccc5)cc4)CC3)cc1)=N[C@@H](Cc1ncco1)c1nnc(C)n1-2. The predicted octanol–water partition coefficient (Wildman–Crippen LogP) is 9.05. The van der Waals surface area contributed by atoms with Crippen LogP contribution in [0.1, 0.15) is 85.7 Å². The molecule has 7 aromatic rings. The van der Waals surface area contributed by atoms with Crippen LogP contribution in [0.15, 0.2) is 119 Å². The third-order valence-electron chi connectivity index (χ3n) is 13.2. The number of ether oxygens (including phenoxy) is 1. The van der Waals surface area contributed by atoms with Gasteiger partial charge in [0.1, 0.15) is 41.2 Å². The summed E-state index contributed by atoms with van der Waals surface area (Å²) in [5, 5.41) is 24.1. The van der Waals surface area contributed by atoms with Crippen molar-refractivity contribution >= 4 is 22.7 Å². The van der Waals surface area contributed by atoms with Crippen LogP contribution in [0.3, 0.4) is 0 Å². The molecule has 5 heterocycles. The van der Waals surface area contributed by atoms with Crippen LogP contribution in [0.2, 0.25) is 0 Å². The highest BCUT2D eigenvalue weighted by Gasteiger charge is 2.34. The van der Waals surface area contributed by atoms with E-state index >= 15 is 0 Å². The molecule has 1 fully saturated rings. The molecule has 1 aliphatic carbocycles. The number of thiophene rings is 1. The van der Waals surface area contributed by atoms with Crippen LogP contribution in [0.4, 0.5) is 5.69 Å². The van der Waals surface area contributed by atoms with Gasteiger partial charge in [-0.2, -0.15) is 0 Å². The molecular weight excluding hydrogens is 805 g/mol. The summed E-state index contributed by atoms with van der Waals surface area (Å²) in [4.78, 5) is 16.1. The van der Waals surface area contributed by atoms with E-state index in [0.717, 1.165) is 104 Å². The summed E-state index contributed by atoms with van der Waals surface area (Å²) in [6, 6.07) is 33.9. The first-order chi connectivity index (χ1) is 30.9. The van der Waals surface area contributed by atoms with Crippen LogP contribution in [0.25, 0.3) is 5.00 Å². The van der Waals surface area contributed by atoms with Crippen molar-refractivity contribution in [2.24, 2.45) is 4.99 Å². The van der Waals surface area contributed by atoms with Crippen molar-refractivity contribution in [1.82, 2.24) is 29.5 Å². The molecule has 11 nitrogen and oxygen atoms in total. The second kappa shape index (κ2) is 18.0. The fourth-order valence-electron chi connectivity index (χ4n) is 9.73. The van der Waals surface area contributed by atoms with E-state index in [0.29, 0.717) is 30.6 Å². The van der Waals surface area contributed by atoms with Crippen LogP contribution in [0, 0.1) is 20.8 Å². The number of phenols is 1. The Morgan fingerprint density at radius 1 is 0.857 bits per heavy atom. The Hall–Kier alpha value is -6.08. The van der Waals surface area contributed by atoms with Crippen molar-refractivity contribution in [3.05, 3.63) is 171 Å². The Morgan fingerprint density at radius 3 is 2.40 bits per heavy atom. The average molecular weight is 859 g/mol. The zero-order valence-corrected chi connectivity index (χ0v) is 37.0. The summed E-state index contributed by atoms with van der Waals surface area (Å²) < 4.78 is 14.1. The summed E-state index contributed by atoms with van der Waals surface area (Å²) in [6.07, 6.45) is 5.80. The van der Waals surface area contributed by atoms with Gasteiger partial charge in [-0.05, 0) is 104 Å². The number of aromatic hydroxyl groups is 1. The molecule has 10 rings (SSSR count). The van der Waals surface area contributed by atoms with Crippen molar-refractivity contribution in [1.29, 1.82) is 0 Å². The van der Waals surface area contributed by atoms with Gasteiger partial charge in [0.15, 0.2) is 11.7 Å². The molecule has 0 spiro atoms. The van der Waals surface area contributed by atoms with E-state index in [2.05, 4.69) is 134 Å². The molecule has 0 unspecified atom stereocenters. The minimum absolute atomic E-state index is 0.231. The first-order valence-electron chi connectivity index (χ1n) is 22.2. The van der Waals surface area contributed by atoms with Crippen LogP contribution in [0.5, 0.6) is 11.5 Å². The fourth-order valence-corrected chi connectivity index (χ4v) is 10.9. The van der Waals surface area contributed by atoms with Crippen molar-refractivity contribution in [2.75, 3.05) is 57.7 Å². The van der Waals surface area contributed by atoms with Crippen LogP contribution >= 0.6 is 11.3 Å². The van der Waals surface area contributed by atoms with Gasteiger partial charge in [0.2, 0.25) is 0 Å². The molecule has 0 amide bonds. The molecule has 12 heteroatoms. The summed E-state index contributed by atoms with van der Waals surface area (Å²) in [6.45, 7) is 13.9. The number of rotatable bonds is 13. The average Bonchev–Trinajstić information content (AvgIpc) is 4.02. The number of hydrogen-bond acceptors (Lipinski definition) is 11. The number of oxazole rings is 1. The molecule has 63 heavy (non-hydrogen) atoms. The first kappa shape index (κ1) is 41.0. The number of fused-ring (bicyclic) bond motifs is 4. The molecule has 2 N–H and O–H groups in total. The quantitative estimate of drug-likeness (QED) is 0.117. The van der Waals surface area contributed by atoms with Crippen molar-refractivity contribution < 1.29 is 14.3 Å². The maximum atomic E-state index is 10.2. The lowest BCUT2D eigenvalue weighted by Crippen LogP contribution is -2.48. The van der Waals surface area contributed by atoms with Gasteiger partial charge in [-0.1, -0.05) is 60.7 Å². The second-order valence-electron chi connectivity index (χ2n) is 17.0. The number of anilines is 1. The summed E-state index contributed by atoms with van der Waals surface area (Å²) in [7, 11) is 0. The van der Waals surface area contributed by atoms with E-state index in [1.54, 1.807) is 23.8 Å². The molecule has 4 aromatic carbocycles. The predicted molar refractivity (Wildman–Crippen MR) is 249 cm³/mol. The van der Waals surface area contributed by atoms with Gasteiger partial charge in [-0.15, -0.1) is 21.5 Å². The topological polar surface area (TPSA) is 117 Å². The van der Waals surface area contributed by atoms with E-state index in [-0.39, 0.29) is 12.0 Å². The highest BCUT2D eigenvalue weighted by molar-refractivity contribution is 7.15. The largest absolute Gasteiger partial charge is 0.508 e. The molecule has 2 aliphatic heterocycles. The van der Waals surface area contributed by atoms with E-state index in [1.807, 2.05) is 19.1 Å². The van der Waals surface area contributed by atoms with Crippen molar-refractivity contribution in [2.45, 2.75) is 57.9 Å². The minimum Gasteiger partial charge on any atom is -0.508 e. The van der Waals surface area contributed by atoms with Gasteiger partial charge in [0, 0.05) is 73.4 Å². The number of benzene rings is 4. The third kappa shape index (κ3) is 8.55. The first-order valence-corrected chi connectivity index (χ1v) is 23.0. The lowest BCUT2D eigenvalue weighted by atomic mass is 9.69. The van der Waals surface area contributed by atoms with Gasteiger partial charge in [-0.3, -0.25) is 19.4 Å². The van der Waals surface area contributed by atoms with Crippen molar-refractivity contribution in [3.63, 3.8) is 0 Å². The lowest BCUT2D eigenvalue weighted by Gasteiger charge is -2.35. The molecule has 3 aliphatic rings. The number of hydrogen-bond donors (Lipinski definition) is 2. The Kier molecular flexibility index (Phi) is 11.7. The van der Waals surface area contributed by atoms with Crippen LogP contribution in [-0.2, 0) is 12.8 Å². The van der Waals surface area contributed by atoms with Crippen LogP contribution < -0.4 is 10.1 Å². The normalized spacial score (nSPS) is 18.8. The Bertz CT molecular complexity index is 2680. The maximum Gasteiger partial charge on any atom is 0.196 e. The zero-order valence-electron chi connectivity index (χ0n) is 36.2. The van der Waals surface area contributed by atoms with Gasteiger partial charge in [0.05, 0.1) is 18.3 Å². The summed E-state index contributed by atoms with van der Waals surface area (Å²) >= 11 is 1.76. The molecular formula is C51H54N8O3S. The number of aryl methyl sites for hydroxylation is 3. The Morgan fingerprint density at radius 2 is 1.63 bits per heavy atom. The van der Waals surface area contributed by atoms with Gasteiger partial charge in [0.25, 0.3) is 0 Å². The van der Waals surface area contributed by atoms with E-state index < -0.39 is 0 Å². The summed E-state index contributed by atoms with van der Waals surface area (Å²) in [5.74, 6) is 4.15. The standard InChI is InChI=1S/C51H54N8O3S/c1-33-34(2)63-51-47(33)49(54-45(32-46-53-22-29-62-46)50-56-55-35(3)59(50)51)38-9-14-40(15-10-38)52-21-23-57-24-26-58(27-25-57)28-30-61-42-17-11-37(12-18-42)48-43(36-7-5-4-6-8-36)19-13-39-31-41(60)16-20-44(39)48/h4-12,14-18,20,22,29,31,43,45,48,52,60H,13,19,21,23-28,30,32H2,1-3H3/t43-,45-,48+/m0/s1. The minimum atomic E-state index is -0.291.